The molecule has 5 nitrogen and oxygen atoms in total. The van der Waals surface area contributed by atoms with Gasteiger partial charge in [-0.15, -0.1) is 0 Å². The van der Waals surface area contributed by atoms with E-state index in [0.717, 1.165) is 57.0 Å². The summed E-state index contributed by atoms with van der Waals surface area (Å²) < 4.78 is 5.63. The van der Waals surface area contributed by atoms with Crippen LogP contribution in [0.4, 0.5) is 10.5 Å². The molecule has 1 unspecified atom stereocenters. The highest BCUT2D eigenvalue weighted by Crippen LogP contribution is 2.37. The molecule has 5 heteroatoms. The van der Waals surface area contributed by atoms with E-state index in [1.54, 1.807) is 4.90 Å². The topological polar surface area (TPSA) is 36.0 Å². The summed E-state index contributed by atoms with van der Waals surface area (Å²) >= 11 is 0. The minimum absolute atomic E-state index is 0.0817. The Labute approximate surface area is 191 Å². The van der Waals surface area contributed by atoms with Crippen molar-refractivity contribution in [1.29, 1.82) is 0 Å². The van der Waals surface area contributed by atoms with Crippen LogP contribution in [0.25, 0.3) is 0 Å². The molecule has 1 saturated carbocycles. The largest absolute Gasteiger partial charge is 0.445 e. The first-order chi connectivity index (χ1) is 15.7. The molecule has 1 atom stereocenters. The monoisotopic (exact) mass is 433 g/mol. The molecular formula is C27H35N3O2. The normalized spacial score (nSPS) is 21.5. The Bertz CT molecular complexity index is 920. The van der Waals surface area contributed by atoms with Gasteiger partial charge in [0.15, 0.2) is 0 Å². The Balaban J connectivity index is 1.25. The van der Waals surface area contributed by atoms with Gasteiger partial charge < -0.3 is 14.5 Å². The maximum Gasteiger partial charge on any atom is 0.410 e. The number of ether oxygens (including phenoxy) is 1. The average molecular weight is 434 g/mol. The minimum atomic E-state index is -0.244. The van der Waals surface area contributed by atoms with E-state index in [4.69, 9.17) is 4.74 Å². The van der Waals surface area contributed by atoms with Gasteiger partial charge in [0, 0.05) is 45.0 Å². The lowest BCUT2D eigenvalue weighted by atomic mass is 9.86. The molecule has 2 aromatic carbocycles. The van der Waals surface area contributed by atoms with Crippen molar-refractivity contribution < 1.29 is 9.53 Å². The van der Waals surface area contributed by atoms with Gasteiger partial charge >= 0.3 is 6.09 Å². The molecule has 0 aromatic heterocycles. The number of carbonyl (C=O) groups excluding carboxylic acids is 1. The van der Waals surface area contributed by atoms with Crippen molar-refractivity contribution in [3.05, 3.63) is 65.2 Å². The van der Waals surface area contributed by atoms with E-state index in [-0.39, 0.29) is 12.1 Å². The maximum absolute atomic E-state index is 12.8. The first kappa shape index (κ1) is 21.3. The molecule has 2 aromatic rings. The number of aryl methyl sites for hydroxylation is 1. The first-order valence-electron chi connectivity index (χ1n) is 12.2. The van der Waals surface area contributed by atoms with Crippen molar-refractivity contribution in [3.63, 3.8) is 0 Å². The van der Waals surface area contributed by atoms with Crippen molar-refractivity contribution in [2.75, 3.05) is 38.1 Å². The zero-order valence-corrected chi connectivity index (χ0v) is 19.2. The van der Waals surface area contributed by atoms with Gasteiger partial charge in [-0.25, -0.2) is 4.79 Å². The summed E-state index contributed by atoms with van der Waals surface area (Å²) in [7, 11) is 1.89. The van der Waals surface area contributed by atoms with Crippen LogP contribution in [-0.2, 0) is 17.8 Å². The van der Waals surface area contributed by atoms with Crippen LogP contribution in [0.15, 0.2) is 48.5 Å². The number of hydrogen-bond donors (Lipinski definition) is 0. The molecule has 2 aliphatic carbocycles. The van der Waals surface area contributed by atoms with Crippen LogP contribution in [0, 0.1) is 0 Å². The van der Waals surface area contributed by atoms with E-state index in [0.29, 0.717) is 6.61 Å². The molecule has 1 aliphatic heterocycles. The van der Waals surface area contributed by atoms with Gasteiger partial charge in [-0.1, -0.05) is 42.8 Å². The molecular weight excluding hydrogens is 398 g/mol. The Morgan fingerprint density at radius 3 is 2.50 bits per heavy atom. The van der Waals surface area contributed by atoms with Crippen LogP contribution in [0.1, 0.15) is 54.8 Å². The van der Waals surface area contributed by atoms with E-state index in [9.17, 15) is 4.79 Å². The zero-order chi connectivity index (χ0) is 21.9. The molecule has 0 spiro atoms. The third-order valence-corrected chi connectivity index (χ3v) is 7.64. The minimum Gasteiger partial charge on any atom is -0.445 e. The van der Waals surface area contributed by atoms with Crippen LogP contribution in [0.2, 0.25) is 0 Å². The molecule has 2 fully saturated rings. The van der Waals surface area contributed by atoms with Crippen molar-refractivity contribution in [1.82, 2.24) is 9.80 Å². The second-order valence-electron chi connectivity index (χ2n) is 9.55. The highest BCUT2D eigenvalue weighted by atomic mass is 16.6. The number of rotatable bonds is 5. The number of anilines is 1. The van der Waals surface area contributed by atoms with E-state index < -0.39 is 0 Å². The van der Waals surface area contributed by atoms with Crippen LogP contribution in [0.3, 0.4) is 0 Å². The molecule has 170 valence electrons. The fraction of sp³-hybridized carbons (Fsp3) is 0.519. The lowest BCUT2D eigenvalue weighted by Gasteiger charge is -2.44. The number of benzene rings is 2. The van der Waals surface area contributed by atoms with Gasteiger partial charge in [0.1, 0.15) is 6.61 Å². The maximum atomic E-state index is 12.8. The predicted molar refractivity (Wildman–Crippen MR) is 128 cm³/mol. The van der Waals surface area contributed by atoms with Crippen LogP contribution in [-0.4, -0.2) is 55.2 Å². The molecule has 0 radical (unpaired) electrons. The predicted octanol–water partition coefficient (Wildman–Crippen LogP) is 5.01. The fourth-order valence-electron chi connectivity index (χ4n) is 5.41. The number of carbonyl (C=O) groups is 1. The summed E-state index contributed by atoms with van der Waals surface area (Å²) in [6, 6.07) is 17.7. The van der Waals surface area contributed by atoms with Gasteiger partial charge in [0.2, 0.25) is 0 Å². The van der Waals surface area contributed by atoms with Gasteiger partial charge in [-0.05, 0) is 60.9 Å². The van der Waals surface area contributed by atoms with E-state index in [2.05, 4.69) is 28.0 Å². The summed E-state index contributed by atoms with van der Waals surface area (Å²) in [5.74, 6) is 0. The van der Waals surface area contributed by atoms with Crippen molar-refractivity contribution in [3.8, 4) is 0 Å². The third-order valence-electron chi connectivity index (χ3n) is 7.64. The smallest absolute Gasteiger partial charge is 0.410 e. The number of amides is 1. The van der Waals surface area contributed by atoms with Crippen LogP contribution >= 0.6 is 0 Å². The number of hydrogen-bond acceptors (Lipinski definition) is 4. The van der Waals surface area contributed by atoms with E-state index in [1.165, 1.54) is 36.1 Å². The Hall–Kier alpha value is -2.53. The van der Waals surface area contributed by atoms with E-state index in [1.807, 2.05) is 37.4 Å². The summed E-state index contributed by atoms with van der Waals surface area (Å²) in [4.78, 5) is 19.8. The van der Waals surface area contributed by atoms with Crippen LogP contribution < -0.4 is 4.90 Å². The quantitative estimate of drug-likeness (QED) is 0.664. The molecule has 0 bridgehead atoms. The summed E-state index contributed by atoms with van der Waals surface area (Å²) in [6.07, 6.45) is 7.11. The summed E-state index contributed by atoms with van der Waals surface area (Å²) in [6.45, 7) is 4.83. The lowest BCUT2D eigenvalue weighted by Crippen LogP contribution is -2.52. The van der Waals surface area contributed by atoms with Crippen LogP contribution in [0.5, 0.6) is 0 Å². The SMILES string of the molecule is CN(C(=O)OCc1ccccc1)C1CCCc2ccc(N3CCN(C4CCC4)CC3)cc21. The molecule has 0 N–H and O–H groups in total. The Morgan fingerprint density at radius 2 is 1.78 bits per heavy atom. The summed E-state index contributed by atoms with van der Waals surface area (Å²) in [5, 5.41) is 0. The molecule has 32 heavy (non-hydrogen) atoms. The zero-order valence-electron chi connectivity index (χ0n) is 19.2. The Kier molecular flexibility index (Phi) is 6.35. The van der Waals surface area contributed by atoms with E-state index >= 15 is 0 Å². The molecule has 1 amide bonds. The number of nitrogens with zero attached hydrogens (tertiary/aromatic N) is 3. The highest BCUT2D eigenvalue weighted by molar-refractivity contribution is 5.68. The molecule has 1 heterocycles. The number of fused-ring (bicyclic) bond motifs is 1. The van der Waals surface area contributed by atoms with Gasteiger partial charge in [0.05, 0.1) is 6.04 Å². The average Bonchev–Trinajstić information content (AvgIpc) is 2.81. The molecule has 5 rings (SSSR count). The second-order valence-corrected chi connectivity index (χ2v) is 9.55. The molecule has 3 aliphatic rings. The van der Waals surface area contributed by atoms with Gasteiger partial charge in [-0.2, -0.15) is 0 Å². The lowest BCUT2D eigenvalue weighted by molar-refractivity contribution is 0.0876. The van der Waals surface area contributed by atoms with Gasteiger partial charge in [-0.3, -0.25) is 4.90 Å². The van der Waals surface area contributed by atoms with Crippen molar-refractivity contribution in [2.24, 2.45) is 0 Å². The van der Waals surface area contributed by atoms with Crippen molar-refractivity contribution in [2.45, 2.75) is 57.2 Å². The highest BCUT2D eigenvalue weighted by Gasteiger charge is 2.30. The third kappa shape index (κ3) is 4.49. The fourth-order valence-corrected chi connectivity index (χ4v) is 5.41. The molecule has 1 saturated heterocycles. The Morgan fingerprint density at radius 1 is 1.00 bits per heavy atom. The second kappa shape index (κ2) is 9.53. The first-order valence-corrected chi connectivity index (χ1v) is 12.2. The standard InChI is InChI=1S/C27H35N3O2/c1-28(27(31)32-20-21-7-3-2-4-8-21)26-12-5-9-22-13-14-24(19-25(22)26)30-17-15-29(16-18-30)23-10-6-11-23/h2-4,7-8,13-14,19,23,26H,5-6,9-12,15-18,20H2,1H3. The summed E-state index contributed by atoms with van der Waals surface area (Å²) in [5.41, 5.74) is 4.99. The van der Waals surface area contributed by atoms with Crippen molar-refractivity contribution >= 4 is 11.8 Å². The number of piperazine rings is 1. The van der Waals surface area contributed by atoms with Gasteiger partial charge in [0.25, 0.3) is 0 Å².